The molecule has 4 nitrogen and oxygen atoms in total. The van der Waals surface area contributed by atoms with Crippen LogP contribution in [0, 0.1) is 5.92 Å². The lowest BCUT2D eigenvalue weighted by Gasteiger charge is -2.11. The van der Waals surface area contributed by atoms with Crippen LogP contribution < -0.4 is 5.32 Å². The van der Waals surface area contributed by atoms with Gasteiger partial charge in [0, 0.05) is 6.54 Å². The van der Waals surface area contributed by atoms with Gasteiger partial charge in [0.15, 0.2) is 0 Å². The van der Waals surface area contributed by atoms with Crippen molar-refractivity contribution in [3.05, 3.63) is 39.6 Å². The molecule has 1 aromatic carbocycles. The monoisotopic (exact) mass is 342 g/mol. The molecular weight excluding hydrogens is 328 g/mol. The zero-order valence-electron chi connectivity index (χ0n) is 10.9. The molecule has 1 heterocycles. The van der Waals surface area contributed by atoms with E-state index in [-0.39, 0.29) is 0 Å². The van der Waals surface area contributed by atoms with E-state index >= 15 is 0 Å². The van der Waals surface area contributed by atoms with Gasteiger partial charge in [0.05, 0.1) is 27.1 Å². The fourth-order valence-corrected chi connectivity index (χ4v) is 2.33. The lowest BCUT2D eigenvalue weighted by molar-refractivity contribution is 0.542. The maximum atomic E-state index is 6.10. The van der Waals surface area contributed by atoms with Crippen molar-refractivity contribution < 1.29 is 0 Å². The maximum absolute atomic E-state index is 6.10. The van der Waals surface area contributed by atoms with Crippen molar-refractivity contribution in [1.82, 2.24) is 20.3 Å². The Morgan fingerprint density at radius 3 is 2.95 bits per heavy atom. The number of aromatic nitrogens is 3. The summed E-state index contributed by atoms with van der Waals surface area (Å²) in [5.74, 6) is 0.613. The van der Waals surface area contributed by atoms with E-state index in [9.17, 15) is 0 Å². The Balaban J connectivity index is 2.21. The molecule has 2 aromatic rings. The molecule has 0 aliphatic rings. The second kappa shape index (κ2) is 6.50. The van der Waals surface area contributed by atoms with Crippen LogP contribution in [0.4, 0.5) is 0 Å². The van der Waals surface area contributed by atoms with E-state index in [2.05, 4.69) is 45.4 Å². The fraction of sp³-hybridized carbons (Fsp3) is 0.385. The summed E-state index contributed by atoms with van der Waals surface area (Å²) in [7, 11) is 0. The highest BCUT2D eigenvalue weighted by atomic mass is 79.9. The van der Waals surface area contributed by atoms with Crippen LogP contribution in [0.25, 0.3) is 5.69 Å². The third-order valence-corrected chi connectivity index (χ3v) is 4.01. The van der Waals surface area contributed by atoms with E-state index in [1.165, 1.54) is 0 Å². The van der Waals surface area contributed by atoms with Crippen LogP contribution in [-0.2, 0) is 6.54 Å². The average Bonchev–Trinajstić information content (AvgIpc) is 2.80. The number of nitrogens with zero attached hydrogens (tertiary/aromatic N) is 3. The Morgan fingerprint density at radius 1 is 1.42 bits per heavy atom. The lowest BCUT2D eigenvalue weighted by atomic mass is 10.2. The predicted octanol–water partition coefficient (Wildman–Crippen LogP) is 3.43. The molecule has 2 rings (SSSR count). The number of hydrogen-bond donors (Lipinski definition) is 1. The van der Waals surface area contributed by atoms with E-state index in [0.717, 1.165) is 28.9 Å². The molecule has 0 unspecified atom stereocenters. The second-order valence-electron chi connectivity index (χ2n) is 4.73. The highest BCUT2D eigenvalue weighted by Gasteiger charge is 2.11. The van der Waals surface area contributed by atoms with Gasteiger partial charge in [0.1, 0.15) is 0 Å². The lowest BCUT2D eigenvalue weighted by Crippen LogP contribution is -2.20. The molecule has 1 aromatic heterocycles. The summed E-state index contributed by atoms with van der Waals surface area (Å²) in [5.41, 5.74) is 1.90. The van der Waals surface area contributed by atoms with Crippen molar-refractivity contribution in [2.75, 3.05) is 6.54 Å². The van der Waals surface area contributed by atoms with E-state index in [1.54, 1.807) is 10.9 Å². The molecule has 0 spiro atoms. The molecule has 0 radical (unpaired) electrons. The average molecular weight is 344 g/mol. The highest BCUT2D eigenvalue weighted by molar-refractivity contribution is 9.10. The van der Waals surface area contributed by atoms with Crippen molar-refractivity contribution in [1.29, 1.82) is 0 Å². The van der Waals surface area contributed by atoms with E-state index in [4.69, 9.17) is 11.6 Å². The highest BCUT2D eigenvalue weighted by Crippen LogP contribution is 2.28. The van der Waals surface area contributed by atoms with Gasteiger partial charge in [0.25, 0.3) is 0 Å². The standard InChI is InChI=1S/C13H16BrClN4/c1-9(2)6-16-7-10-8-17-18-19(10)12-5-3-4-11(15)13(12)14/h3-5,8-9,16H,6-7H2,1-2H3. The molecule has 0 atom stereocenters. The number of hydrogen-bond acceptors (Lipinski definition) is 3. The van der Waals surface area contributed by atoms with E-state index < -0.39 is 0 Å². The Hall–Kier alpha value is -0.910. The molecule has 0 aliphatic heterocycles. The summed E-state index contributed by atoms with van der Waals surface area (Å²) in [6.07, 6.45) is 1.76. The van der Waals surface area contributed by atoms with Crippen LogP contribution in [0.3, 0.4) is 0 Å². The Kier molecular flexibility index (Phi) is 4.96. The summed E-state index contributed by atoms with van der Waals surface area (Å²) < 4.78 is 2.62. The number of benzene rings is 1. The van der Waals surface area contributed by atoms with Crippen LogP contribution in [0.15, 0.2) is 28.9 Å². The number of rotatable bonds is 5. The normalized spacial score (nSPS) is 11.2. The molecule has 19 heavy (non-hydrogen) atoms. The van der Waals surface area contributed by atoms with E-state index in [0.29, 0.717) is 10.9 Å². The van der Waals surface area contributed by atoms with Crippen LogP contribution in [-0.4, -0.2) is 21.5 Å². The van der Waals surface area contributed by atoms with Gasteiger partial charge in [-0.05, 0) is 40.5 Å². The molecule has 1 N–H and O–H groups in total. The van der Waals surface area contributed by atoms with Crippen molar-refractivity contribution in [3.63, 3.8) is 0 Å². The van der Waals surface area contributed by atoms with Crippen molar-refractivity contribution in [3.8, 4) is 5.69 Å². The minimum atomic E-state index is 0.613. The summed E-state index contributed by atoms with van der Waals surface area (Å²) in [5, 5.41) is 12.1. The molecule has 0 saturated carbocycles. The Morgan fingerprint density at radius 2 is 2.21 bits per heavy atom. The largest absolute Gasteiger partial charge is 0.311 e. The topological polar surface area (TPSA) is 42.7 Å². The van der Waals surface area contributed by atoms with Crippen LogP contribution in [0.1, 0.15) is 19.5 Å². The minimum absolute atomic E-state index is 0.613. The summed E-state index contributed by atoms with van der Waals surface area (Å²) in [6, 6.07) is 5.69. The summed E-state index contributed by atoms with van der Waals surface area (Å²) >= 11 is 9.59. The Labute approximate surface area is 126 Å². The Bertz CT molecular complexity index is 553. The molecule has 6 heteroatoms. The predicted molar refractivity (Wildman–Crippen MR) is 80.6 cm³/mol. The zero-order chi connectivity index (χ0) is 13.8. The maximum Gasteiger partial charge on any atom is 0.0824 e. The summed E-state index contributed by atoms with van der Waals surface area (Å²) in [6.45, 7) is 6.04. The number of halogens is 2. The van der Waals surface area contributed by atoms with Gasteiger partial charge >= 0.3 is 0 Å². The first-order valence-corrected chi connectivity index (χ1v) is 7.31. The second-order valence-corrected chi connectivity index (χ2v) is 5.94. The van der Waals surface area contributed by atoms with Crippen molar-refractivity contribution in [2.24, 2.45) is 5.92 Å². The number of nitrogens with one attached hydrogen (secondary N) is 1. The van der Waals surface area contributed by atoms with Gasteiger partial charge < -0.3 is 5.32 Å². The van der Waals surface area contributed by atoms with Crippen LogP contribution >= 0.6 is 27.5 Å². The van der Waals surface area contributed by atoms with Crippen LogP contribution in [0.2, 0.25) is 5.02 Å². The smallest absolute Gasteiger partial charge is 0.0824 e. The molecular formula is C13H16BrClN4. The minimum Gasteiger partial charge on any atom is -0.311 e. The van der Waals surface area contributed by atoms with Gasteiger partial charge in [-0.15, -0.1) is 5.10 Å². The molecule has 102 valence electrons. The first kappa shape index (κ1) is 14.5. The van der Waals surface area contributed by atoms with Crippen molar-refractivity contribution >= 4 is 27.5 Å². The quantitative estimate of drug-likeness (QED) is 0.904. The molecule has 0 fully saturated rings. The van der Waals surface area contributed by atoms with Crippen molar-refractivity contribution in [2.45, 2.75) is 20.4 Å². The third kappa shape index (κ3) is 3.55. The van der Waals surface area contributed by atoms with Gasteiger partial charge in [-0.25, -0.2) is 4.68 Å². The SMILES string of the molecule is CC(C)CNCc1cnnn1-c1cccc(Cl)c1Br. The third-order valence-electron chi connectivity index (χ3n) is 2.64. The first-order valence-electron chi connectivity index (χ1n) is 6.14. The summed E-state index contributed by atoms with van der Waals surface area (Å²) in [4.78, 5) is 0. The van der Waals surface area contributed by atoms with Gasteiger partial charge in [-0.3, -0.25) is 0 Å². The van der Waals surface area contributed by atoms with Gasteiger partial charge in [-0.2, -0.15) is 0 Å². The molecule has 0 amide bonds. The van der Waals surface area contributed by atoms with E-state index in [1.807, 2.05) is 18.2 Å². The van der Waals surface area contributed by atoms with Gasteiger partial charge in [0.2, 0.25) is 0 Å². The van der Waals surface area contributed by atoms with Gasteiger partial charge in [-0.1, -0.05) is 36.7 Å². The van der Waals surface area contributed by atoms with Crippen LogP contribution in [0.5, 0.6) is 0 Å². The zero-order valence-corrected chi connectivity index (χ0v) is 13.2. The molecule has 0 saturated heterocycles. The molecule has 0 aliphatic carbocycles. The fourth-order valence-electron chi connectivity index (χ4n) is 1.72. The first-order chi connectivity index (χ1) is 9.09. The molecule has 0 bridgehead atoms.